The number of methoxy groups -OCH3 is 1. The Balaban J connectivity index is 1.42. The molecule has 1 amide bonds. The van der Waals surface area contributed by atoms with Gasteiger partial charge in [0.25, 0.3) is 5.91 Å². The van der Waals surface area contributed by atoms with Gasteiger partial charge in [-0.15, -0.1) is 0 Å². The van der Waals surface area contributed by atoms with Crippen molar-refractivity contribution in [3.05, 3.63) is 53.5 Å². The first kappa shape index (κ1) is 18.1. The second kappa shape index (κ2) is 7.39. The first-order chi connectivity index (χ1) is 13.1. The highest BCUT2D eigenvalue weighted by molar-refractivity contribution is 5.95. The van der Waals surface area contributed by atoms with Crippen molar-refractivity contribution >= 4 is 5.91 Å². The van der Waals surface area contributed by atoms with Crippen LogP contribution in [-0.2, 0) is 6.54 Å². The van der Waals surface area contributed by atoms with Gasteiger partial charge in [-0.05, 0) is 56.5 Å². The van der Waals surface area contributed by atoms with Crippen LogP contribution in [0.4, 0.5) is 0 Å². The van der Waals surface area contributed by atoms with Gasteiger partial charge >= 0.3 is 0 Å². The Hall–Kier alpha value is -2.27. The zero-order chi connectivity index (χ0) is 18.9. The fraction of sp³-hybridized carbons (Fsp3) is 0.500. The van der Waals surface area contributed by atoms with Crippen LogP contribution >= 0.6 is 0 Å². The number of hydrogen-bond acceptors (Lipinski definition) is 4. The van der Waals surface area contributed by atoms with Crippen molar-refractivity contribution in [2.75, 3.05) is 33.3 Å². The Morgan fingerprint density at radius 1 is 1.22 bits per heavy atom. The lowest BCUT2D eigenvalue weighted by Crippen LogP contribution is -2.45. The molecule has 0 saturated carbocycles. The van der Waals surface area contributed by atoms with Crippen molar-refractivity contribution in [3.8, 4) is 5.75 Å². The maximum atomic E-state index is 12.8. The monoisotopic (exact) mass is 368 g/mol. The maximum Gasteiger partial charge on any atom is 0.257 e. The zero-order valence-electron chi connectivity index (χ0n) is 16.2. The molecule has 0 N–H and O–H groups in total. The number of nitrogens with zero attached hydrogens (tertiary/aromatic N) is 2. The van der Waals surface area contributed by atoms with Gasteiger partial charge in [0.1, 0.15) is 11.5 Å². The predicted molar refractivity (Wildman–Crippen MR) is 104 cm³/mol. The average molecular weight is 368 g/mol. The molecule has 4 rings (SSSR count). The second-order valence-corrected chi connectivity index (χ2v) is 8.03. The van der Waals surface area contributed by atoms with Crippen LogP contribution in [0.25, 0.3) is 0 Å². The molecule has 1 atom stereocenters. The summed E-state index contributed by atoms with van der Waals surface area (Å²) in [5, 5.41) is 0. The van der Waals surface area contributed by atoms with Crippen molar-refractivity contribution in [1.82, 2.24) is 9.80 Å². The van der Waals surface area contributed by atoms with Gasteiger partial charge in [0, 0.05) is 31.6 Å². The van der Waals surface area contributed by atoms with E-state index in [9.17, 15) is 4.79 Å². The van der Waals surface area contributed by atoms with Gasteiger partial charge in [-0.3, -0.25) is 9.69 Å². The van der Waals surface area contributed by atoms with Crippen LogP contribution < -0.4 is 4.74 Å². The molecule has 1 unspecified atom stereocenters. The number of likely N-dealkylation sites (tertiary alicyclic amines) is 2. The van der Waals surface area contributed by atoms with E-state index >= 15 is 0 Å². The van der Waals surface area contributed by atoms with Gasteiger partial charge < -0.3 is 14.1 Å². The molecule has 2 aromatic rings. The molecule has 1 aromatic carbocycles. The zero-order valence-corrected chi connectivity index (χ0v) is 16.2. The topological polar surface area (TPSA) is 45.9 Å². The number of piperidine rings is 1. The van der Waals surface area contributed by atoms with Gasteiger partial charge in [-0.1, -0.05) is 12.1 Å². The number of furan rings is 1. The van der Waals surface area contributed by atoms with E-state index in [0.29, 0.717) is 11.3 Å². The summed E-state index contributed by atoms with van der Waals surface area (Å²) in [6.45, 7) is 6.66. The highest BCUT2D eigenvalue weighted by Gasteiger charge is 2.43. The Bertz CT molecular complexity index is 815. The van der Waals surface area contributed by atoms with E-state index in [1.807, 2.05) is 17.9 Å². The van der Waals surface area contributed by atoms with Crippen molar-refractivity contribution in [3.63, 3.8) is 0 Å². The third-order valence-electron chi connectivity index (χ3n) is 6.10. The summed E-state index contributed by atoms with van der Waals surface area (Å²) in [5.41, 5.74) is 2.21. The SMILES string of the molecule is COc1cccc(CN2CCCC3(CCN(C(=O)c4ccoc4C)C3)C2)c1. The lowest BCUT2D eigenvalue weighted by atomic mass is 9.79. The molecule has 1 aromatic heterocycles. The standard InChI is InChI=1S/C22H28N2O3/c1-17-20(7-12-27-17)21(25)24-11-9-22(16-24)8-4-10-23(15-22)14-18-5-3-6-19(13-18)26-2/h3,5-7,12-13H,4,8-11,14-16H2,1-2H3. The van der Waals surface area contributed by atoms with E-state index in [1.165, 1.54) is 18.4 Å². The molecule has 144 valence electrons. The van der Waals surface area contributed by atoms with Gasteiger partial charge in [-0.25, -0.2) is 0 Å². The Morgan fingerprint density at radius 3 is 2.89 bits per heavy atom. The van der Waals surface area contributed by atoms with Gasteiger partial charge in [0.05, 0.1) is 18.9 Å². The van der Waals surface area contributed by atoms with Crippen LogP contribution in [0.1, 0.15) is 40.9 Å². The fourth-order valence-electron chi connectivity index (χ4n) is 4.69. The minimum Gasteiger partial charge on any atom is -0.497 e. The molecule has 0 bridgehead atoms. The molecule has 27 heavy (non-hydrogen) atoms. The summed E-state index contributed by atoms with van der Waals surface area (Å²) in [5.74, 6) is 1.74. The molecule has 5 heteroatoms. The number of benzene rings is 1. The number of amides is 1. The molecule has 2 aliphatic rings. The van der Waals surface area contributed by atoms with E-state index in [-0.39, 0.29) is 11.3 Å². The van der Waals surface area contributed by atoms with E-state index < -0.39 is 0 Å². The third-order valence-corrected chi connectivity index (χ3v) is 6.10. The van der Waals surface area contributed by atoms with Crippen molar-refractivity contribution in [2.45, 2.75) is 32.7 Å². The molecule has 0 radical (unpaired) electrons. The van der Waals surface area contributed by atoms with Crippen LogP contribution in [0.3, 0.4) is 0 Å². The Morgan fingerprint density at radius 2 is 2.11 bits per heavy atom. The summed E-state index contributed by atoms with van der Waals surface area (Å²) >= 11 is 0. The highest BCUT2D eigenvalue weighted by atomic mass is 16.5. The number of ether oxygens (including phenoxy) is 1. The minimum absolute atomic E-state index is 0.114. The third kappa shape index (κ3) is 3.74. The largest absolute Gasteiger partial charge is 0.497 e. The average Bonchev–Trinajstić information content (AvgIpc) is 3.28. The Labute approximate surface area is 160 Å². The van der Waals surface area contributed by atoms with Crippen LogP contribution in [0.15, 0.2) is 41.0 Å². The fourth-order valence-corrected chi connectivity index (χ4v) is 4.69. The molecule has 2 fully saturated rings. The van der Waals surface area contributed by atoms with Gasteiger partial charge in [0.15, 0.2) is 0 Å². The van der Waals surface area contributed by atoms with E-state index in [1.54, 1.807) is 19.4 Å². The quantitative estimate of drug-likeness (QED) is 0.825. The van der Waals surface area contributed by atoms with E-state index in [2.05, 4.69) is 23.1 Å². The molecule has 2 saturated heterocycles. The number of carbonyl (C=O) groups excluding carboxylic acids is 1. The molecular weight excluding hydrogens is 340 g/mol. The summed E-state index contributed by atoms with van der Waals surface area (Å²) in [4.78, 5) is 17.4. The molecule has 3 heterocycles. The molecule has 5 nitrogen and oxygen atoms in total. The van der Waals surface area contributed by atoms with Crippen LogP contribution in [0.5, 0.6) is 5.75 Å². The number of hydrogen-bond donors (Lipinski definition) is 0. The van der Waals surface area contributed by atoms with Crippen molar-refractivity contribution in [2.24, 2.45) is 5.41 Å². The van der Waals surface area contributed by atoms with E-state index in [0.717, 1.165) is 44.9 Å². The number of rotatable bonds is 4. The molecule has 2 aliphatic heterocycles. The normalized spacial score (nSPS) is 23.1. The van der Waals surface area contributed by atoms with E-state index in [4.69, 9.17) is 9.15 Å². The molecule has 0 aliphatic carbocycles. The lowest BCUT2D eigenvalue weighted by Gasteiger charge is -2.40. The lowest BCUT2D eigenvalue weighted by molar-refractivity contribution is 0.0674. The van der Waals surface area contributed by atoms with Crippen LogP contribution in [-0.4, -0.2) is 49.0 Å². The minimum atomic E-state index is 0.114. The van der Waals surface area contributed by atoms with Crippen molar-refractivity contribution < 1.29 is 13.9 Å². The smallest absolute Gasteiger partial charge is 0.257 e. The maximum absolute atomic E-state index is 12.8. The van der Waals surface area contributed by atoms with Crippen LogP contribution in [0.2, 0.25) is 0 Å². The predicted octanol–water partition coefficient (Wildman–Crippen LogP) is 3.72. The van der Waals surface area contributed by atoms with Gasteiger partial charge in [0.2, 0.25) is 0 Å². The highest BCUT2D eigenvalue weighted by Crippen LogP contribution is 2.40. The van der Waals surface area contributed by atoms with Crippen LogP contribution in [0, 0.1) is 12.3 Å². The molecule has 1 spiro atoms. The summed E-state index contributed by atoms with van der Waals surface area (Å²) in [7, 11) is 1.71. The number of aryl methyl sites for hydroxylation is 1. The summed E-state index contributed by atoms with van der Waals surface area (Å²) < 4.78 is 10.7. The van der Waals surface area contributed by atoms with Crippen molar-refractivity contribution in [1.29, 1.82) is 0 Å². The molecular formula is C22H28N2O3. The Kier molecular flexibility index (Phi) is 4.96. The summed E-state index contributed by atoms with van der Waals surface area (Å²) in [6, 6.07) is 10.1. The first-order valence-corrected chi connectivity index (χ1v) is 9.77. The summed E-state index contributed by atoms with van der Waals surface area (Å²) in [6.07, 6.45) is 5.08. The van der Waals surface area contributed by atoms with Gasteiger partial charge in [-0.2, -0.15) is 0 Å². The first-order valence-electron chi connectivity index (χ1n) is 9.77. The second-order valence-electron chi connectivity index (χ2n) is 8.03. The number of carbonyl (C=O) groups is 1.